The molecule has 3 N–H and O–H groups in total. The van der Waals surface area contributed by atoms with E-state index in [0.717, 1.165) is 21.8 Å². The maximum Gasteiger partial charge on any atom is 0.355 e. The van der Waals surface area contributed by atoms with Crippen molar-refractivity contribution >= 4 is 50.7 Å². The Morgan fingerprint density at radius 1 is 0.968 bits per heavy atom. The van der Waals surface area contributed by atoms with Crippen molar-refractivity contribution in [2.24, 2.45) is 0 Å². The third-order valence-corrected chi connectivity index (χ3v) is 6.58. The predicted octanol–water partition coefficient (Wildman–Crippen LogP) is 4.42. The minimum Gasteiger partial charge on any atom is -0.476 e. The van der Waals surface area contributed by atoms with E-state index in [2.05, 4.69) is 20.6 Å². The second kappa shape index (κ2) is 9.80. The number of carboxylic acid groups (broad SMARTS) is 1. The van der Waals surface area contributed by atoms with Gasteiger partial charge in [-0.05, 0) is 24.3 Å². The molecule has 1 aromatic carbocycles. The molecule has 2 heterocycles. The van der Waals surface area contributed by atoms with Crippen LogP contribution in [0.25, 0.3) is 0 Å². The zero-order valence-electron chi connectivity index (χ0n) is 17.3. The van der Waals surface area contributed by atoms with Crippen molar-refractivity contribution in [2.75, 3.05) is 10.6 Å². The van der Waals surface area contributed by atoms with E-state index < -0.39 is 11.9 Å². The monoisotopic (exact) mass is 458 g/mol. The molecule has 0 radical (unpaired) electrons. The molecule has 0 bridgehead atoms. The van der Waals surface area contributed by atoms with Gasteiger partial charge in [0, 0.05) is 16.7 Å². The van der Waals surface area contributed by atoms with Gasteiger partial charge in [-0.3, -0.25) is 14.9 Å². The number of carboxylic acids is 1. The van der Waals surface area contributed by atoms with Crippen LogP contribution in [0.5, 0.6) is 0 Å². The Morgan fingerprint density at radius 2 is 1.61 bits per heavy atom. The third kappa shape index (κ3) is 5.74. The van der Waals surface area contributed by atoms with Gasteiger partial charge in [0.25, 0.3) is 5.91 Å². The van der Waals surface area contributed by atoms with Crippen LogP contribution in [0.15, 0.2) is 30.3 Å². The number of anilines is 2. The molecular formula is C21H22N4O4S2. The number of thiazole rings is 2. The summed E-state index contributed by atoms with van der Waals surface area (Å²) in [5, 5.41) is 15.3. The Morgan fingerprint density at radius 3 is 2.23 bits per heavy atom. The fourth-order valence-electron chi connectivity index (χ4n) is 2.89. The molecular weight excluding hydrogens is 436 g/mol. The summed E-state index contributed by atoms with van der Waals surface area (Å²) in [6.07, 6.45) is 1.17. The maximum absolute atomic E-state index is 12.8. The van der Waals surface area contributed by atoms with Crippen molar-refractivity contribution < 1.29 is 19.5 Å². The van der Waals surface area contributed by atoms with E-state index >= 15 is 0 Å². The molecule has 3 rings (SSSR count). The van der Waals surface area contributed by atoms with E-state index in [-0.39, 0.29) is 28.3 Å². The SMILES string of the molecule is CC(=O)Nc1nc(C(=O)Nc2nc(C(=O)O)c(CCc3ccccc3)s2)c(C(C)C)s1. The number of carbonyl (C=O) groups is 3. The van der Waals surface area contributed by atoms with Gasteiger partial charge in [0.05, 0.1) is 0 Å². The number of amides is 2. The highest BCUT2D eigenvalue weighted by Crippen LogP contribution is 2.31. The molecule has 0 aliphatic rings. The van der Waals surface area contributed by atoms with Crippen molar-refractivity contribution in [3.8, 4) is 0 Å². The Bertz CT molecular complexity index is 1110. The fraction of sp³-hybridized carbons (Fsp3) is 0.286. The summed E-state index contributed by atoms with van der Waals surface area (Å²) in [5.41, 5.74) is 1.23. The van der Waals surface area contributed by atoms with Crippen LogP contribution in [0.2, 0.25) is 0 Å². The molecule has 2 aromatic heterocycles. The van der Waals surface area contributed by atoms with Crippen molar-refractivity contribution in [1.82, 2.24) is 9.97 Å². The molecule has 0 atom stereocenters. The van der Waals surface area contributed by atoms with Gasteiger partial charge in [0.1, 0.15) is 5.69 Å². The van der Waals surface area contributed by atoms with Gasteiger partial charge in [-0.25, -0.2) is 14.8 Å². The summed E-state index contributed by atoms with van der Waals surface area (Å²) in [5.74, 6) is -1.88. The lowest BCUT2D eigenvalue weighted by atomic mass is 10.1. The van der Waals surface area contributed by atoms with Gasteiger partial charge >= 0.3 is 5.97 Å². The van der Waals surface area contributed by atoms with Crippen molar-refractivity contribution in [2.45, 2.75) is 39.5 Å². The van der Waals surface area contributed by atoms with E-state index in [9.17, 15) is 19.5 Å². The molecule has 31 heavy (non-hydrogen) atoms. The van der Waals surface area contributed by atoms with Gasteiger partial charge in [0.15, 0.2) is 16.0 Å². The highest BCUT2D eigenvalue weighted by Gasteiger charge is 2.24. The van der Waals surface area contributed by atoms with E-state index in [1.807, 2.05) is 44.2 Å². The summed E-state index contributed by atoms with van der Waals surface area (Å²) in [6.45, 7) is 5.22. The van der Waals surface area contributed by atoms with Gasteiger partial charge in [0.2, 0.25) is 5.91 Å². The minimum atomic E-state index is -1.13. The number of nitrogens with zero attached hydrogens (tertiary/aromatic N) is 2. The lowest BCUT2D eigenvalue weighted by Gasteiger charge is -2.04. The van der Waals surface area contributed by atoms with Crippen LogP contribution in [0.3, 0.4) is 0 Å². The molecule has 0 fully saturated rings. The third-order valence-electron chi connectivity index (χ3n) is 4.28. The predicted molar refractivity (Wildman–Crippen MR) is 121 cm³/mol. The van der Waals surface area contributed by atoms with Crippen LogP contribution < -0.4 is 10.6 Å². The van der Waals surface area contributed by atoms with Crippen molar-refractivity contribution in [1.29, 1.82) is 0 Å². The highest BCUT2D eigenvalue weighted by molar-refractivity contribution is 7.16. The number of nitrogens with one attached hydrogen (secondary N) is 2. The normalized spacial score (nSPS) is 10.8. The van der Waals surface area contributed by atoms with Crippen molar-refractivity contribution in [3.63, 3.8) is 0 Å². The quantitative estimate of drug-likeness (QED) is 0.459. The number of aryl methyl sites for hydroxylation is 2. The van der Waals surface area contributed by atoms with E-state index in [4.69, 9.17) is 0 Å². The summed E-state index contributed by atoms with van der Waals surface area (Å²) in [6, 6.07) is 9.75. The summed E-state index contributed by atoms with van der Waals surface area (Å²) >= 11 is 2.38. The highest BCUT2D eigenvalue weighted by atomic mass is 32.1. The second-order valence-corrected chi connectivity index (χ2v) is 9.22. The van der Waals surface area contributed by atoms with Crippen LogP contribution in [0.1, 0.15) is 63.0 Å². The first-order valence-corrected chi connectivity index (χ1v) is 11.2. The summed E-state index contributed by atoms with van der Waals surface area (Å²) < 4.78 is 0. The first-order chi connectivity index (χ1) is 14.7. The molecule has 0 saturated carbocycles. The lowest BCUT2D eigenvalue weighted by Crippen LogP contribution is -2.15. The molecule has 8 nitrogen and oxygen atoms in total. The standard InChI is InChI=1S/C21H22N4O4S2/c1-11(2)17-16(24-20(31-17)22-12(3)26)18(27)25-21-23-15(19(28)29)14(30-21)10-9-13-7-5-4-6-8-13/h4-8,11H,9-10H2,1-3H3,(H,28,29)(H,22,24,26)(H,23,25,27). The Hall–Kier alpha value is -3.11. The van der Waals surface area contributed by atoms with Gasteiger partial charge in [-0.2, -0.15) is 0 Å². The number of aromatic nitrogens is 2. The van der Waals surface area contributed by atoms with E-state index in [0.29, 0.717) is 22.9 Å². The smallest absolute Gasteiger partial charge is 0.355 e. The number of rotatable bonds is 8. The number of carbonyl (C=O) groups excluding carboxylic acids is 2. The Balaban J connectivity index is 1.80. The van der Waals surface area contributed by atoms with Crippen LogP contribution >= 0.6 is 22.7 Å². The number of hydrogen-bond donors (Lipinski definition) is 3. The molecule has 0 saturated heterocycles. The maximum atomic E-state index is 12.8. The second-order valence-electron chi connectivity index (χ2n) is 7.10. The molecule has 10 heteroatoms. The zero-order chi connectivity index (χ0) is 22.5. The van der Waals surface area contributed by atoms with Crippen LogP contribution in [-0.4, -0.2) is 32.9 Å². The summed E-state index contributed by atoms with van der Waals surface area (Å²) in [4.78, 5) is 45.5. The average Bonchev–Trinajstić information content (AvgIpc) is 3.31. The Labute approximate surface area is 187 Å². The molecule has 3 aromatic rings. The molecule has 0 aliphatic heterocycles. The van der Waals surface area contributed by atoms with Gasteiger partial charge in [-0.15, -0.1) is 22.7 Å². The first kappa shape index (κ1) is 22.6. The molecule has 0 aliphatic carbocycles. The van der Waals surface area contributed by atoms with Crippen molar-refractivity contribution in [3.05, 3.63) is 57.0 Å². The van der Waals surface area contributed by atoms with Crippen LogP contribution in [0.4, 0.5) is 10.3 Å². The largest absolute Gasteiger partial charge is 0.476 e. The topological polar surface area (TPSA) is 121 Å². The molecule has 0 spiro atoms. The minimum absolute atomic E-state index is 0.0214. The molecule has 162 valence electrons. The number of benzene rings is 1. The first-order valence-electron chi connectivity index (χ1n) is 9.61. The number of hydrogen-bond acceptors (Lipinski definition) is 7. The molecule has 0 unspecified atom stereocenters. The average molecular weight is 459 g/mol. The Kier molecular flexibility index (Phi) is 7.13. The lowest BCUT2D eigenvalue weighted by molar-refractivity contribution is -0.114. The van der Waals surface area contributed by atoms with Gasteiger partial charge in [-0.1, -0.05) is 44.2 Å². The molecule has 2 amide bonds. The van der Waals surface area contributed by atoms with Crippen LogP contribution in [-0.2, 0) is 17.6 Å². The fourth-order valence-corrected chi connectivity index (χ4v) is 4.85. The van der Waals surface area contributed by atoms with E-state index in [1.54, 1.807) is 0 Å². The van der Waals surface area contributed by atoms with E-state index in [1.165, 1.54) is 18.3 Å². The zero-order valence-corrected chi connectivity index (χ0v) is 18.9. The summed E-state index contributed by atoms with van der Waals surface area (Å²) in [7, 11) is 0. The van der Waals surface area contributed by atoms with Gasteiger partial charge < -0.3 is 10.4 Å². The number of aromatic carboxylic acids is 1. The van der Waals surface area contributed by atoms with Crippen LogP contribution in [0, 0.1) is 0 Å².